The van der Waals surface area contributed by atoms with Crippen molar-refractivity contribution < 1.29 is 4.79 Å². The fourth-order valence-corrected chi connectivity index (χ4v) is 2.19. The van der Waals surface area contributed by atoms with Gasteiger partial charge in [-0.3, -0.25) is 4.79 Å². The van der Waals surface area contributed by atoms with Crippen LogP contribution in [-0.4, -0.2) is 12.3 Å². The highest BCUT2D eigenvalue weighted by molar-refractivity contribution is 5.80. The van der Waals surface area contributed by atoms with E-state index in [1.807, 2.05) is 0 Å². The van der Waals surface area contributed by atoms with Crippen LogP contribution >= 0.6 is 0 Å². The average molecular weight is 227 g/mol. The van der Waals surface area contributed by atoms with Gasteiger partial charge in [-0.2, -0.15) is 0 Å². The molecule has 2 nitrogen and oxygen atoms in total. The number of hydrogen-bond donors (Lipinski definition) is 1. The number of rotatable bonds is 9. The minimum Gasteiger partial charge on any atom is -0.330 e. The Labute approximate surface area is 101 Å². The topological polar surface area (TPSA) is 43.1 Å². The molecule has 0 rings (SSSR count). The molecule has 0 bridgehead atoms. The van der Waals surface area contributed by atoms with Crippen molar-refractivity contribution in [1.82, 2.24) is 0 Å². The van der Waals surface area contributed by atoms with Gasteiger partial charge in [-0.25, -0.2) is 0 Å². The summed E-state index contributed by atoms with van der Waals surface area (Å²) in [7, 11) is 0. The highest BCUT2D eigenvalue weighted by atomic mass is 16.1. The maximum Gasteiger partial charge on any atom is 0.135 e. The second-order valence-corrected chi connectivity index (χ2v) is 5.28. The Morgan fingerprint density at radius 3 is 2.19 bits per heavy atom. The van der Waals surface area contributed by atoms with Gasteiger partial charge in [0.05, 0.1) is 0 Å². The number of ketones is 1. The minimum atomic E-state index is 0.246. The van der Waals surface area contributed by atoms with E-state index < -0.39 is 0 Å². The van der Waals surface area contributed by atoms with Crippen molar-refractivity contribution in [2.75, 3.05) is 6.54 Å². The van der Waals surface area contributed by atoms with Gasteiger partial charge in [-0.15, -0.1) is 0 Å². The van der Waals surface area contributed by atoms with Crippen molar-refractivity contribution in [3.8, 4) is 0 Å². The zero-order valence-electron chi connectivity index (χ0n) is 11.5. The van der Waals surface area contributed by atoms with E-state index in [0.29, 0.717) is 17.6 Å². The fourth-order valence-electron chi connectivity index (χ4n) is 2.19. The quantitative estimate of drug-likeness (QED) is 0.656. The Balaban J connectivity index is 3.95. The van der Waals surface area contributed by atoms with E-state index in [9.17, 15) is 4.79 Å². The number of nitrogens with two attached hydrogens (primary N) is 1. The first-order chi connectivity index (χ1) is 7.52. The van der Waals surface area contributed by atoms with E-state index in [2.05, 4.69) is 27.7 Å². The molecule has 2 unspecified atom stereocenters. The number of hydrogen-bond acceptors (Lipinski definition) is 2. The van der Waals surface area contributed by atoms with Crippen LogP contribution in [0, 0.1) is 17.8 Å². The number of carbonyl (C=O) groups excluding carboxylic acids is 1. The van der Waals surface area contributed by atoms with E-state index in [0.717, 1.165) is 38.6 Å². The molecule has 0 radical (unpaired) electrons. The predicted octanol–water partition coefficient (Wildman–Crippen LogP) is 3.39. The highest BCUT2D eigenvalue weighted by Gasteiger charge is 2.17. The largest absolute Gasteiger partial charge is 0.330 e. The van der Waals surface area contributed by atoms with Crippen LogP contribution in [0.2, 0.25) is 0 Å². The maximum absolute atomic E-state index is 11.8. The molecule has 0 aromatic heterocycles. The molecular weight excluding hydrogens is 198 g/mol. The summed E-state index contributed by atoms with van der Waals surface area (Å²) < 4.78 is 0. The molecule has 0 fully saturated rings. The van der Waals surface area contributed by atoms with Gasteiger partial charge in [0.1, 0.15) is 5.78 Å². The lowest BCUT2D eigenvalue weighted by molar-refractivity contribution is -0.122. The molecule has 0 heterocycles. The molecule has 0 spiro atoms. The Hall–Kier alpha value is -0.370. The summed E-state index contributed by atoms with van der Waals surface area (Å²) in [5, 5.41) is 0. The Morgan fingerprint density at radius 1 is 1.12 bits per heavy atom. The van der Waals surface area contributed by atoms with E-state index in [-0.39, 0.29) is 5.92 Å². The van der Waals surface area contributed by atoms with E-state index in [4.69, 9.17) is 5.73 Å². The molecule has 0 aliphatic rings. The van der Waals surface area contributed by atoms with Gasteiger partial charge in [0.15, 0.2) is 0 Å². The van der Waals surface area contributed by atoms with Crippen LogP contribution in [0.5, 0.6) is 0 Å². The smallest absolute Gasteiger partial charge is 0.135 e. The Morgan fingerprint density at radius 2 is 1.75 bits per heavy atom. The lowest BCUT2D eigenvalue weighted by Gasteiger charge is -2.20. The third-order valence-corrected chi connectivity index (χ3v) is 3.51. The fraction of sp³-hybridized carbons (Fsp3) is 0.929. The Kier molecular flexibility index (Phi) is 8.54. The van der Waals surface area contributed by atoms with Crippen LogP contribution < -0.4 is 5.73 Å². The molecule has 0 saturated carbocycles. The third-order valence-electron chi connectivity index (χ3n) is 3.51. The first-order valence-electron chi connectivity index (χ1n) is 6.75. The molecule has 16 heavy (non-hydrogen) atoms. The van der Waals surface area contributed by atoms with E-state index >= 15 is 0 Å². The summed E-state index contributed by atoms with van der Waals surface area (Å²) in [6.45, 7) is 9.37. The molecular formula is C14H29NO. The minimum absolute atomic E-state index is 0.246. The molecule has 0 aliphatic carbocycles. The summed E-state index contributed by atoms with van der Waals surface area (Å²) >= 11 is 0. The number of carbonyl (C=O) groups is 1. The van der Waals surface area contributed by atoms with Crippen LogP contribution in [0.25, 0.3) is 0 Å². The molecule has 2 heteroatoms. The van der Waals surface area contributed by atoms with Crippen LogP contribution in [0.4, 0.5) is 0 Å². The molecule has 0 amide bonds. The van der Waals surface area contributed by atoms with Gasteiger partial charge < -0.3 is 5.73 Å². The van der Waals surface area contributed by atoms with Crippen molar-refractivity contribution >= 4 is 5.78 Å². The lowest BCUT2D eigenvalue weighted by atomic mass is 9.86. The zero-order valence-corrected chi connectivity index (χ0v) is 11.5. The SMILES string of the molecule is CCCC(C)C(=O)CCC(CCN)C(C)C. The van der Waals surface area contributed by atoms with Crippen molar-refractivity contribution in [3.05, 3.63) is 0 Å². The van der Waals surface area contributed by atoms with Crippen molar-refractivity contribution in [2.24, 2.45) is 23.5 Å². The first kappa shape index (κ1) is 15.6. The summed E-state index contributed by atoms with van der Waals surface area (Å²) in [5.41, 5.74) is 5.60. The van der Waals surface area contributed by atoms with Crippen molar-refractivity contribution in [1.29, 1.82) is 0 Å². The third kappa shape index (κ3) is 6.26. The molecule has 0 aliphatic heterocycles. The van der Waals surface area contributed by atoms with Gasteiger partial charge in [-0.05, 0) is 37.6 Å². The average Bonchev–Trinajstić information content (AvgIpc) is 2.23. The molecule has 2 N–H and O–H groups in total. The predicted molar refractivity (Wildman–Crippen MR) is 70.3 cm³/mol. The lowest BCUT2D eigenvalue weighted by Crippen LogP contribution is -2.18. The zero-order chi connectivity index (χ0) is 12.6. The van der Waals surface area contributed by atoms with Crippen LogP contribution in [0.15, 0.2) is 0 Å². The maximum atomic E-state index is 11.8. The molecule has 0 aromatic rings. The summed E-state index contributed by atoms with van der Waals surface area (Å²) in [5.74, 6) is 1.93. The van der Waals surface area contributed by atoms with Gasteiger partial charge in [0.25, 0.3) is 0 Å². The van der Waals surface area contributed by atoms with Gasteiger partial charge in [-0.1, -0.05) is 34.1 Å². The van der Waals surface area contributed by atoms with E-state index in [1.165, 1.54) is 0 Å². The van der Waals surface area contributed by atoms with Crippen molar-refractivity contribution in [3.63, 3.8) is 0 Å². The van der Waals surface area contributed by atoms with Crippen LogP contribution in [0.3, 0.4) is 0 Å². The molecule has 0 aromatic carbocycles. The molecule has 2 atom stereocenters. The van der Waals surface area contributed by atoms with Gasteiger partial charge in [0.2, 0.25) is 0 Å². The van der Waals surface area contributed by atoms with Gasteiger partial charge in [0, 0.05) is 12.3 Å². The van der Waals surface area contributed by atoms with Crippen LogP contribution in [0.1, 0.15) is 59.8 Å². The van der Waals surface area contributed by atoms with Crippen molar-refractivity contribution in [2.45, 2.75) is 59.8 Å². The summed E-state index contributed by atoms with van der Waals surface area (Å²) in [6.07, 6.45) is 4.93. The summed E-state index contributed by atoms with van der Waals surface area (Å²) in [4.78, 5) is 11.8. The molecule has 0 saturated heterocycles. The van der Waals surface area contributed by atoms with Gasteiger partial charge >= 0.3 is 0 Å². The summed E-state index contributed by atoms with van der Waals surface area (Å²) in [6, 6.07) is 0. The normalized spacial score (nSPS) is 15.1. The van der Waals surface area contributed by atoms with Crippen LogP contribution in [-0.2, 0) is 4.79 Å². The second-order valence-electron chi connectivity index (χ2n) is 5.28. The standard InChI is InChI=1S/C14H29NO/c1-5-6-12(4)14(16)8-7-13(9-10-15)11(2)3/h11-13H,5-10,15H2,1-4H3. The highest BCUT2D eigenvalue weighted by Crippen LogP contribution is 2.22. The Bertz CT molecular complexity index is 189. The first-order valence-corrected chi connectivity index (χ1v) is 6.75. The van der Waals surface area contributed by atoms with E-state index in [1.54, 1.807) is 0 Å². The second kappa shape index (κ2) is 8.74. The monoisotopic (exact) mass is 227 g/mol. The number of Topliss-reactive ketones (excluding diaryl/α,β-unsaturated/α-hetero) is 1. The molecule has 96 valence electrons.